The van der Waals surface area contributed by atoms with Crippen LogP contribution in [0.3, 0.4) is 0 Å². The fraction of sp³-hybridized carbons (Fsp3) is 0.273. The number of hydrogen-bond acceptors (Lipinski definition) is 3. The molecule has 0 radical (unpaired) electrons. The summed E-state index contributed by atoms with van der Waals surface area (Å²) in [5, 5.41) is 2.51. The molecule has 0 saturated heterocycles. The minimum Gasteiger partial charge on any atom is -0.428 e. The van der Waals surface area contributed by atoms with Gasteiger partial charge >= 0.3 is 12.5 Å². The molecule has 0 fully saturated rings. The van der Waals surface area contributed by atoms with Crippen molar-refractivity contribution < 1.29 is 27.1 Å². The highest BCUT2D eigenvalue weighted by Gasteiger charge is 2.43. The molecule has 0 aliphatic rings. The van der Waals surface area contributed by atoms with Gasteiger partial charge in [0.1, 0.15) is 17.0 Å². The number of rotatable bonds is 6. The second kappa shape index (κ2) is 8.52. The van der Waals surface area contributed by atoms with Gasteiger partial charge in [0.05, 0.1) is 0 Å². The lowest BCUT2D eigenvalue weighted by Gasteiger charge is -2.17. The number of benzene rings is 1. The zero-order chi connectivity index (χ0) is 23.8. The highest BCUT2D eigenvalue weighted by molar-refractivity contribution is 6.05. The Bertz CT molecular complexity index is 1190. The van der Waals surface area contributed by atoms with E-state index >= 15 is 0 Å². The number of nitrogens with zero attached hydrogens (tertiary/aromatic N) is 1. The number of carbonyl (C=O) groups excluding carboxylic acids is 1. The summed E-state index contributed by atoms with van der Waals surface area (Å²) in [7, 11) is 0. The number of H-pyrrole nitrogens is 1. The van der Waals surface area contributed by atoms with Crippen molar-refractivity contribution in [2.75, 3.05) is 5.32 Å². The van der Waals surface area contributed by atoms with E-state index in [2.05, 4.69) is 15.0 Å². The van der Waals surface area contributed by atoms with Crippen LogP contribution in [0.15, 0.2) is 41.2 Å². The van der Waals surface area contributed by atoms with Gasteiger partial charge in [-0.15, -0.1) is 0 Å². The molecule has 0 saturated carbocycles. The molecule has 10 heteroatoms. The van der Waals surface area contributed by atoms with Crippen molar-refractivity contribution in [3.05, 3.63) is 75.0 Å². The fourth-order valence-corrected chi connectivity index (χ4v) is 3.43. The number of ether oxygens (including phenoxy) is 1. The minimum absolute atomic E-state index is 0.109. The molecule has 0 spiro atoms. The second-order valence-corrected chi connectivity index (χ2v) is 7.32. The van der Waals surface area contributed by atoms with Gasteiger partial charge in [-0.05, 0) is 64.1 Å². The Hall–Kier alpha value is -3.56. The van der Waals surface area contributed by atoms with E-state index in [0.29, 0.717) is 17.1 Å². The van der Waals surface area contributed by atoms with Crippen molar-refractivity contribution >= 4 is 11.6 Å². The lowest BCUT2D eigenvalue weighted by Crippen LogP contribution is -2.33. The number of alkyl halides is 4. The maximum Gasteiger partial charge on any atom is 0.461 e. The molecule has 3 aromatic rings. The van der Waals surface area contributed by atoms with Crippen LogP contribution in [0, 0.1) is 27.7 Å². The Morgan fingerprint density at radius 1 is 1.00 bits per heavy atom. The monoisotopic (exact) mass is 451 g/mol. The number of anilines is 1. The Morgan fingerprint density at radius 2 is 1.56 bits per heavy atom. The molecular weight excluding hydrogens is 430 g/mol. The number of nitrogens with one attached hydrogen (secondary N) is 2. The van der Waals surface area contributed by atoms with Gasteiger partial charge in [-0.1, -0.05) is 0 Å². The number of aromatic amines is 1. The molecular formula is C22H21F4N3O3. The van der Waals surface area contributed by atoms with Crippen LogP contribution >= 0.6 is 0 Å². The zero-order valence-electron chi connectivity index (χ0n) is 17.7. The van der Waals surface area contributed by atoms with Crippen molar-refractivity contribution in [3.63, 3.8) is 0 Å². The smallest absolute Gasteiger partial charge is 0.428 e. The summed E-state index contributed by atoms with van der Waals surface area (Å²) in [6, 6.07) is 8.14. The maximum atomic E-state index is 13.2. The number of halogens is 4. The second-order valence-electron chi connectivity index (χ2n) is 7.32. The van der Waals surface area contributed by atoms with Crippen LogP contribution in [0.5, 0.6) is 5.75 Å². The quantitative estimate of drug-likeness (QED) is 0.524. The first-order valence-electron chi connectivity index (χ1n) is 9.57. The average molecular weight is 451 g/mol. The summed E-state index contributed by atoms with van der Waals surface area (Å²) in [6.45, 7) is 7.00. The Labute approximate surface area is 180 Å². The number of aromatic nitrogens is 2. The summed E-state index contributed by atoms with van der Waals surface area (Å²) < 4.78 is 56.3. The van der Waals surface area contributed by atoms with Gasteiger partial charge in [0.15, 0.2) is 0 Å². The van der Waals surface area contributed by atoms with Crippen LogP contribution in [-0.4, -0.2) is 28.0 Å². The summed E-state index contributed by atoms with van der Waals surface area (Å²) in [4.78, 5) is 29.2. The fourth-order valence-electron chi connectivity index (χ4n) is 3.43. The van der Waals surface area contributed by atoms with E-state index in [1.165, 1.54) is 12.1 Å². The number of amides is 1. The Balaban J connectivity index is 1.91. The van der Waals surface area contributed by atoms with Crippen LogP contribution in [-0.2, 0) is 0 Å². The van der Waals surface area contributed by atoms with Gasteiger partial charge in [0, 0.05) is 28.5 Å². The topological polar surface area (TPSA) is 76.1 Å². The molecule has 32 heavy (non-hydrogen) atoms. The van der Waals surface area contributed by atoms with Crippen LogP contribution in [0.2, 0.25) is 0 Å². The predicted octanol–water partition coefficient (Wildman–Crippen LogP) is 4.89. The number of pyridine rings is 1. The van der Waals surface area contributed by atoms with Gasteiger partial charge in [-0.3, -0.25) is 9.59 Å². The van der Waals surface area contributed by atoms with Gasteiger partial charge in [-0.25, -0.2) is 0 Å². The molecule has 170 valence electrons. The lowest BCUT2D eigenvalue weighted by atomic mass is 10.1. The Kier molecular flexibility index (Phi) is 6.16. The van der Waals surface area contributed by atoms with Crippen molar-refractivity contribution in [1.29, 1.82) is 0 Å². The Morgan fingerprint density at radius 3 is 2.09 bits per heavy atom. The third-order valence-electron chi connectivity index (χ3n) is 4.89. The highest BCUT2D eigenvalue weighted by atomic mass is 19.3. The lowest BCUT2D eigenvalue weighted by molar-refractivity contribution is -0.253. The van der Waals surface area contributed by atoms with E-state index in [-0.39, 0.29) is 11.3 Å². The molecule has 2 heterocycles. The van der Waals surface area contributed by atoms with Crippen LogP contribution in [0.25, 0.3) is 5.69 Å². The summed E-state index contributed by atoms with van der Waals surface area (Å²) in [6.07, 6.45) is -8.62. The van der Waals surface area contributed by atoms with Crippen molar-refractivity contribution in [2.24, 2.45) is 0 Å². The molecule has 0 aliphatic carbocycles. The standard InChI is InChI=1S/C22H21F4N3O3/c1-11-5-6-12(2)29(11)18-14(4)27-13(3)17(19(18)30)20(31)28-15-7-9-16(10-8-15)32-22(25,26)21(23)24/h5-10,21H,1-4H3,(H,27,30)(H,28,31). The van der Waals surface area contributed by atoms with Crippen LogP contribution in [0.1, 0.15) is 33.1 Å². The number of hydrogen-bond donors (Lipinski definition) is 2. The normalized spacial score (nSPS) is 11.7. The summed E-state index contributed by atoms with van der Waals surface area (Å²) in [5.74, 6) is -1.21. The summed E-state index contributed by atoms with van der Waals surface area (Å²) in [5.41, 5.74) is 2.49. The van der Waals surface area contributed by atoms with Crippen molar-refractivity contribution in [2.45, 2.75) is 40.2 Å². The first-order chi connectivity index (χ1) is 14.9. The number of aryl methyl sites for hydroxylation is 4. The summed E-state index contributed by atoms with van der Waals surface area (Å²) >= 11 is 0. The first-order valence-corrected chi connectivity index (χ1v) is 9.57. The molecule has 0 atom stereocenters. The molecule has 6 nitrogen and oxygen atoms in total. The maximum absolute atomic E-state index is 13.2. The third kappa shape index (κ3) is 4.39. The van der Waals surface area contributed by atoms with E-state index in [4.69, 9.17) is 0 Å². The molecule has 2 N–H and O–H groups in total. The molecule has 0 aliphatic heterocycles. The van der Waals surface area contributed by atoms with Crippen LogP contribution in [0.4, 0.5) is 23.2 Å². The van der Waals surface area contributed by atoms with Gasteiger partial charge in [0.25, 0.3) is 5.91 Å². The minimum atomic E-state index is -4.64. The SMILES string of the molecule is Cc1[nH]c(C)c(-n2c(C)ccc2C)c(=O)c1C(=O)Nc1ccc(OC(F)(F)C(F)F)cc1. The third-order valence-corrected chi connectivity index (χ3v) is 4.89. The van der Waals surface area contributed by atoms with E-state index < -0.39 is 29.6 Å². The largest absolute Gasteiger partial charge is 0.461 e. The van der Waals surface area contributed by atoms with E-state index in [1.54, 1.807) is 18.4 Å². The average Bonchev–Trinajstić information content (AvgIpc) is 3.01. The highest BCUT2D eigenvalue weighted by Crippen LogP contribution is 2.28. The predicted molar refractivity (Wildman–Crippen MR) is 111 cm³/mol. The molecule has 2 aromatic heterocycles. The van der Waals surface area contributed by atoms with E-state index in [0.717, 1.165) is 23.5 Å². The molecule has 1 aromatic carbocycles. The first kappa shape index (κ1) is 23.1. The number of carbonyl (C=O) groups is 1. The van der Waals surface area contributed by atoms with E-state index in [1.807, 2.05) is 26.0 Å². The molecule has 3 rings (SSSR count). The van der Waals surface area contributed by atoms with E-state index in [9.17, 15) is 27.2 Å². The van der Waals surface area contributed by atoms with Crippen molar-refractivity contribution in [3.8, 4) is 11.4 Å². The van der Waals surface area contributed by atoms with Gasteiger partial charge < -0.3 is 19.6 Å². The zero-order valence-corrected chi connectivity index (χ0v) is 17.7. The molecule has 0 unspecified atom stereocenters. The van der Waals surface area contributed by atoms with Crippen LogP contribution < -0.4 is 15.5 Å². The van der Waals surface area contributed by atoms with Gasteiger partial charge in [-0.2, -0.15) is 17.6 Å². The van der Waals surface area contributed by atoms with Gasteiger partial charge in [0.2, 0.25) is 5.43 Å². The van der Waals surface area contributed by atoms with Crippen molar-refractivity contribution in [1.82, 2.24) is 9.55 Å². The molecule has 1 amide bonds. The molecule has 0 bridgehead atoms.